The maximum Gasteiger partial charge on any atom is 0.256 e. The fraction of sp³-hybridized carbons (Fsp3) is 0.100. The van der Waals surface area contributed by atoms with E-state index in [1.165, 1.54) is 24.4 Å². The van der Waals surface area contributed by atoms with Crippen molar-refractivity contribution in [3.8, 4) is 0 Å². The van der Waals surface area contributed by atoms with Gasteiger partial charge in [0.25, 0.3) is 5.91 Å². The lowest BCUT2D eigenvalue weighted by Crippen LogP contribution is -2.14. The number of carbonyl (C=O) groups is 1. The van der Waals surface area contributed by atoms with Gasteiger partial charge in [-0.25, -0.2) is 13.8 Å². The van der Waals surface area contributed by atoms with Gasteiger partial charge in [-0.15, -0.1) is 0 Å². The summed E-state index contributed by atoms with van der Waals surface area (Å²) in [6.45, 7) is 3.93. The first-order valence-electron chi connectivity index (χ1n) is 8.00. The largest absolute Gasteiger partial charge is 0.340 e. The molecule has 0 aliphatic rings. The van der Waals surface area contributed by atoms with E-state index >= 15 is 0 Å². The number of amides is 1. The van der Waals surface area contributed by atoms with E-state index in [9.17, 15) is 13.6 Å². The van der Waals surface area contributed by atoms with Crippen LogP contribution in [0.3, 0.4) is 0 Å². The highest BCUT2D eigenvalue weighted by atomic mass is 19.1. The summed E-state index contributed by atoms with van der Waals surface area (Å²) in [5.41, 5.74) is 2.73. The maximum atomic E-state index is 13.7. The van der Waals surface area contributed by atoms with E-state index in [1.807, 2.05) is 32.0 Å². The molecule has 0 saturated carbocycles. The number of para-hydroxylation sites is 2. The highest BCUT2D eigenvalue weighted by Gasteiger charge is 2.14. The first-order chi connectivity index (χ1) is 12.5. The smallest absolute Gasteiger partial charge is 0.256 e. The van der Waals surface area contributed by atoms with E-state index in [-0.39, 0.29) is 5.56 Å². The Hall–Kier alpha value is -3.28. The lowest BCUT2D eigenvalue weighted by molar-refractivity contribution is 0.102. The number of benzene rings is 2. The third-order valence-electron chi connectivity index (χ3n) is 3.96. The van der Waals surface area contributed by atoms with Crippen molar-refractivity contribution in [3.63, 3.8) is 0 Å². The SMILES string of the molecule is Cc1cccc(C)c1Nc1cc(C(=O)Nc2c(F)cccc2F)ccn1. The van der Waals surface area contributed by atoms with Crippen molar-refractivity contribution in [2.24, 2.45) is 0 Å². The zero-order valence-corrected chi connectivity index (χ0v) is 14.3. The molecule has 0 aliphatic carbocycles. The van der Waals surface area contributed by atoms with Crippen molar-refractivity contribution in [2.45, 2.75) is 13.8 Å². The van der Waals surface area contributed by atoms with Gasteiger partial charge in [0.15, 0.2) is 0 Å². The number of hydrogen-bond acceptors (Lipinski definition) is 3. The van der Waals surface area contributed by atoms with Crippen LogP contribution in [0.1, 0.15) is 21.5 Å². The summed E-state index contributed by atoms with van der Waals surface area (Å²) in [5, 5.41) is 5.45. The molecular formula is C20H17F2N3O. The van der Waals surface area contributed by atoms with Gasteiger partial charge in [-0.3, -0.25) is 4.79 Å². The molecule has 0 atom stereocenters. The second-order valence-electron chi connectivity index (χ2n) is 5.87. The number of hydrogen-bond donors (Lipinski definition) is 2. The molecule has 0 spiro atoms. The van der Waals surface area contributed by atoms with Crippen LogP contribution >= 0.6 is 0 Å². The lowest BCUT2D eigenvalue weighted by atomic mass is 10.1. The monoisotopic (exact) mass is 353 g/mol. The Morgan fingerprint density at radius 2 is 1.54 bits per heavy atom. The van der Waals surface area contributed by atoms with Crippen molar-refractivity contribution in [3.05, 3.63) is 83.1 Å². The molecule has 0 radical (unpaired) electrons. The molecule has 6 heteroatoms. The molecule has 2 aromatic carbocycles. The average molecular weight is 353 g/mol. The molecule has 26 heavy (non-hydrogen) atoms. The number of rotatable bonds is 4. The van der Waals surface area contributed by atoms with Gasteiger partial charge in [-0.05, 0) is 49.2 Å². The summed E-state index contributed by atoms with van der Waals surface area (Å²) in [6, 6.07) is 12.3. The highest BCUT2D eigenvalue weighted by Crippen LogP contribution is 2.24. The topological polar surface area (TPSA) is 54.0 Å². The molecule has 4 nitrogen and oxygen atoms in total. The quantitative estimate of drug-likeness (QED) is 0.696. The zero-order chi connectivity index (χ0) is 18.7. The van der Waals surface area contributed by atoms with Crippen LogP contribution in [0, 0.1) is 25.5 Å². The standard InChI is InChI=1S/C20H17F2N3O/c1-12-5-3-6-13(2)18(12)24-17-11-14(9-10-23-17)20(26)25-19-15(21)7-4-8-16(19)22/h3-11H,1-2H3,(H,23,24)(H,25,26). The van der Waals surface area contributed by atoms with E-state index < -0.39 is 23.2 Å². The van der Waals surface area contributed by atoms with Crippen LogP contribution in [0.5, 0.6) is 0 Å². The fourth-order valence-electron chi connectivity index (χ4n) is 2.58. The van der Waals surface area contributed by atoms with Crippen LogP contribution in [-0.2, 0) is 0 Å². The summed E-state index contributed by atoms with van der Waals surface area (Å²) in [4.78, 5) is 16.6. The number of nitrogens with one attached hydrogen (secondary N) is 2. The van der Waals surface area contributed by atoms with Crippen molar-refractivity contribution >= 4 is 23.1 Å². The minimum absolute atomic E-state index is 0.233. The van der Waals surface area contributed by atoms with E-state index in [2.05, 4.69) is 15.6 Å². The van der Waals surface area contributed by atoms with Gasteiger partial charge in [0.05, 0.1) is 0 Å². The molecule has 0 bridgehead atoms. The van der Waals surface area contributed by atoms with Crippen molar-refractivity contribution in [1.29, 1.82) is 0 Å². The van der Waals surface area contributed by atoms with E-state index in [0.717, 1.165) is 28.9 Å². The van der Waals surface area contributed by atoms with Crippen LogP contribution in [0.2, 0.25) is 0 Å². The van der Waals surface area contributed by atoms with Gasteiger partial charge in [0.2, 0.25) is 0 Å². The fourth-order valence-corrected chi connectivity index (χ4v) is 2.58. The molecule has 1 heterocycles. The number of nitrogens with zero attached hydrogens (tertiary/aromatic N) is 1. The molecule has 0 unspecified atom stereocenters. The highest BCUT2D eigenvalue weighted by molar-refractivity contribution is 6.04. The maximum absolute atomic E-state index is 13.7. The number of aryl methyl sites for hydroxylation is 2. The van der Waals surface area contributed by atoms with Crippen LogP contribution in [-0.4, -0.2) is 10.9 Å². The molecule has 0 aliphatic heterocycles. The number of aromatic nitrogens is 1. The number of pyridine rings is 1. The van der Waals surface area contributed by atoms with Gasteiger partial charge in [0.1, 0.15) is 23.1 Å². The minimum Gasteiger partial charge on any atom is -0.340 e. The Morgan fingerprint density at radius 3 is 2.19 bits per heavy atom. The van der Waals surface area contributed by atoms with Crippen LogP contribution in [0.4, 0.5) is 26.0 Å². The number of halogens is 2. The van der Waals surface area contributed by atoms with Crippen molar-refractivity contribution in [2.75, 3.05) is 10.6 Å². The van der Waals surface area contributed by atoms with E-state index in [1.54, 1.807) is 0 Å². The van der Waals surface area contributed by atoms with Gasteiger partial charge in [-0.1, -0.05) is 24.3 Å². The molecule has 1 amide bonds. The summed E-state index contributed by atoms with van der Waals surface area (Å²) in [5.74, 6) is -1.83. The molecule has 0 fully saturated rings. The Balaban J connectivity index is 1.84. The first-order valence-corrected chi connectivity index (χ1v) is 8.00. The molecule has 0 saturated heterocycles. The third-order valence-corrected chi connectivity index (χ3v) is 3.96. The molecule has 3 aromatic rings. The Morgan fingerprint density at radius 1 is 0.923 bits per heavy atom. The second kappa shape index (κ2) is 7.31. The van der Waals surface area contributed by atoms with Crippen molar-refractivity contribution in [1.82, 2.24) is 4.98 Å². The minimum atomic E-state index is -0.832. The molecule has 132 valence electrons. The van der Waals surface area contributed by atoms with E-state index in [0.29, 0.717) is 5.82 Å². The predicted molar refractivity (Wildman–Crippen MR) is 97.7 cm³/mol. The Labute approximate surface area is 149 Å². The average Bonchev–Trinajstić information content (AvgIpc) is 2.62. The summed E-state index contributed by atoms with van der Waals surface area (Å²) < 4.78 is 27.4. The Bertz CT molecular complexity index is 933. The first kappa shape index (κ1) is 17.5. The van der Waals surface area contributed by atoms with Crippen LogP contribution in [0.25, 0.3) is 0 Å². The summed E-state index contributed by atoms with van der Waals surface area (Å²) >= 11 is 0. The lowest BCUT2D eigenvalue weighted by Gasteiger charge is -2.13. The molecule has 3 rings (SSSR count). The number of anilines is 3. The summed E-state index contributed by atoms with van der Waals surface area (Å²) in [7, 11) is 0. The molecule has 2 N–H and O–H groups in total. The molecule has 1 aromatic heterocycles. The van der Waals surface area contributed by atoms with E-state index in [4.69, 9.17) is 0 Å². The van der Waals surface area contributed by atoms with Gasteiger partial charge < -0.3 is 10.6 Å². The van der Waals surface area contributed by atoms with Gasteiger partial charge >= 0.3 is 0 Å². The third kappa shape index (κ3) is 3.69. The van der Waals surface area contributed by atoms with Gasteiger partial charge in [-0.2, -0.15) is 0 Å². The van der Waals surface area contributed by atoms with Crippen LogP contribution < -0.4 is 10.6 Å². The second-order valence-corrected chi connectivity index (χ2v) is 5.87. The zero-order valence-electron chi connectivity index (χ0n) is 14.3. The van der Waals surface area contributed by atoms with Gasteiger partial charge in [0, 0.05) is 17.4 Å². The number of carbonyl (C=O) groups excluding carboxylic acids is 1. The van der Waals surface area contributed by atoms with Crippen LogP contribution in [0.15, 0.2) is 54.7 Å². The normalized spacial score (nSPS) is 10.5. The molecular weight excluding hydrogens is 336 g/mol. The van der Waals surface area contributed by atoms with Crippen molar-refractivity contribution < 1.29 is 13.6 Å². The summed E-state index contributed by atoms with van der Waals surface area (Å²) in [6.07, 6.45) is 1.46. The Kier molecular flexibility index (Phi) is 4.93. The predicted octanol–water partition coefficient (Wildman–Crippen LogP) is 4.97.